The van der Waals surface area contributed by atoms with E-state index in [4.69, 9.17) is 4.74 Å². The second-order valence-electron chi connectivity index (χ2n) is 7.02. The molecule has 1 aromatic heterocycles. The number of benzene rings is 2. The number of aromatic nitrogens is 1. The molecule has 1 aliphatic heterocycles. The van der Waals surface area contributed by atoms with E-state index in [1.807, 2.05) is 56.3 Å². The monoisotopic (exact) mass is 387 g/mol. The number of carbonyl (C=O) groups excluding carboxylic acids is 2. The summed E-state index contributed by atoms with van der Waals surface area (Å²) in [4.78, 5) is 31.7. The average molecular weight is 387 g/mol. The topological polar surface area (TPSA) is 71.5 Å². The van der Waals surface area contributed by atoms with E-state index in [9.17, 15) is 9.59 Å². The lowest BCUT2D eigenvalue weighted by atomic mass is 10.1. The second-order valence-corrected chi connectivity index (χ2v) is 7.02. The lowest BCUT2D eigenvalue weighted by molar-refractivity contribution is -0.120. The molecule has 3 aromatic rings. The number of carbonyl (C=O) groups is 2. The maximum atomic E-state index is 13.2. The molecule has 0 aliphatic carbocycles. The molecule has 0 spiro atoms. The van der Waals surface area contributed by atoms with Crippen molar-refractivity contribution in [1.82, 2.24) is 10.3 Å². The van der Waals surface area contributed by atoms with Gasteiger partial charge in [-0.3, -0.25) is 14.5 Å². The summed E-state index contributed by atoms with van der Waals surface area (Å²) in [6, 6.07) is 18.4. The predicted molar refractivity (Wildman–Crippen MR) is 110 cm³/mol. The molecule has 2 heterocycles. The first-order chi connectivity index (χ1) is 14.0. The third-order valence-corrected chi connectivity index (χ3v) is 4.84. The molecule has 2 aromatic carbocycles. The third kappa shape index (κ3) is 3.82. The highest BCUT2D eigenvalue weighted by Gasteiger charge is 2.30. The van der Waals surface area contributed by atoms with E-state index in [0.29, 0.717) is 17.0 Å². The average Bonchev–Trinajstić information content (AvgIpc) is 2.84. The molecule has 0 radical (unpaired) electrons. The number of anilines is 1. The standard InChI is InChI=1S/C23H21N3O3/c1-15-10-11-20-19(13-15)26(23(28)18-9-6-12-24-22(18)29-20)14-21(27)25-16(2)17-7-4-3-5-8-17/h3-13,16H,14H2,1-2H3,(H,25,27)/t16-/m0/s1. The summed E-state index contributed by atoms with van der Waals surface area (Å²) in [7, 11) is 0. The first-order valence-corrected chi connectivity index (χ1v) is 9.42. The van der Waals surface area contributed by atoms with Crippen LogP contribution in [0.2, 0.25) is 0 Å². The molecular formula is C23H21N3O3. The molecule has 146 valence electrons. The van der Waals surface area contributed by atoms with Crippen molar-refractivity contribution in [3.05, 3.63) is 83.6 Å². The van der Waals surface area contributed by atoms with E-state index in [1.165, 1.54) is 4.90 Å². The number of ether oxygens (including phenoxy) is 1. The number of nitrogens with one attached hydrogen (secondary N) is 1. The van der Waals surface area contributed by atoms with Crippen LogP contribution in [0.15, 0.2) is 66.9 Å². The van der Waals surface area contributed by atoms with Gasteiger partial charge in [-0.1, -0.05) is 36.4 Å². The summed E-state index contributed by atoms with van der Waals surface area (Å²) in [6.07, 6.45) is 1.57. The van der Waals surface area contributed by atoms with Gasteiger partial charge in [-0.05, 0) is 49.2 Å². The zero-order chi connectivity index (χ0) is 20.4. The molecule has 6 nitrogen and oxygen atoms in total. The Morgan fingerprint density at radius 3 is 2.72 bits per heavy atom. The minimum absolute atomic E-state index is 0.121. The SMILES string of the molecule is Cc1ccc2c(c1)N(CC(=O)N[C@@H](C)c1ccccc1)C(=O)c1cccnc1O2. The van der Waals surface area contributed by atoms with Crippen LogP contribution in [0.5, 0.6) is 11.6 Å². The van der Waals surface area contributed by atoms with E-state index in [2.05, 4.69) is 10.3 Å². The van der Waals surface area contributed by atoms with E-state index in [0.717, 1.165) is 11.1 Å². The molecule has 2 amide bonds. The maximum absolute atomic E-state index is 13.2. The minimum atomic E-state index is -0.319. The van der Waals surface area contributed by atoms with Crippen LogP contribution in [0.3, 0.4) is 0 Å². The third-order valence-electron chi connectivity index (χ3n) is 4.84. The molecule has 29 heavy (non-hydrogen) atoms. The first kappa shape index (κ1) is 18.7. The van der Waals surface area contributed by atoms with Crippen molar-refractivity contribution in [3.8, 4) is 11.6 Å². The Labute approximate surface area is 169 Å². The zero-order valence-corrected chi connectivity index (χ0v) is 16.3. The Kier molecular flexibility index (Phi) is 4.99. The fraction of sp³-hybridized carbons (Fsp3) is 0.174. The summed E-state index contributed by atoms with van der Waals surface area (Å²) in [5, 5.41) is 2.96. The van der Waals surface area contributed by atoms with Gasteiger partial charge in [0.05, 0.1) is 11.7 Å². The van der Waals surface area contributed by atoms with E-state index >= 15 is 0 Å². The highest BCUT2D eigenvalue weighted by molar-refractivity contribution is 6.11. The molecule has 0 unspecified atom stereocenters. The number of nitrogens with zero attached hydrogens (tertiary/aromatic N) is 2. The number of aryl methyl sites for hydroxylation is 1. The highest BCUT2D eigenvalue weighted by Crippen LogP contribution is 2.38. The Bertz CT molecular complexity index is 1070. The summed E-state index contributed by atoms with van der Waals surface area (Å²) >= 11 is 0. The molecule has 1 N–H and O–H groups in total. The number of rotatable bonds is 4. The van der Waals surface area contributed by atoms with Gasteiger partial charge in [0, 0.05) is 6.20 Å². The highest BCUT2D eigenvalue weighted by atomic mass is 16.5. The second kappa shape index (κ2) is 7.75. The van der Waals surface area contributed by atoms with E-state index in [-0.39, 0.29) is 30.3 Å². The van der Waals surface area contributed by atoms with Gasteiger partial charge in [0.25, 0.3) is 5.91 Å². The van der Waals surface area contributed by atoms with Gasteiger partial charge < -0.3 is 10.1 Å². The fourth-order valence-electron chi connectivity index (χ4n) is 3.33. The fourth-order valence-corrected chi connectivity index (χ4v) is 3.33. The lowest BCUT2D eigenvalue weighted by Crippen LogP contribution is -2.41. The van der Waals surface area contributed by atoms with Crippen LogP contribution in [0.4, 0.5) is 5.69 Å². The van der Waals surface area contributed by atoms with Gasteiger partial charge in [-0.25, -0.2) is 4.98 Å². The summed E-state index contributed by atoms with van der Waals surface area (Å²) < 4.78 is 5.88. The van der Waals surface area contributed by atoms with Crippen molar-refractivity contribution in [2.45, 2.75) is 19.9 Å². The largest absolute Gasteiger partial charge is 0.436 e. The molecule has 0 bridgehead atoms. The molecule has 0 saturated heterocycles. The van der Waals surface area contributed by atoms with Crippen molar-refractivity contribution in [3.63, 3.8) is 0 Å². The number of hydrogen-bond donors (Lipinski definition) is 1. The van der Waals surface area contributed by atoms with Gasteiger partial charge in [0.1, 0.15) is 12.1 Å². The van der Waals surface area contributed by atoms with Gasteiger partial charge in [-0.2, -0.15) is 0 Å². The van der Waals surface area contributed by atoms with Crippen molar-refractivity contribution in [2.75, 3.05) is 11.4 Å². The first-order valence-electron chi connectivity index (χ1n) is 9.42. The summed E-state index contributed by atoms with van der Waals surface area (Å²) in [6.45, 7) is 3.72. The maximum Gasteiger partial charge on any atom is 0.264 e. The molecular weight excluding hydrogens is 366 g/mol. The normalized spacial score (nSPS) is 13.6. The van der Waals surface area contributed by atoms with Crippen LogP contribution < -0.4 is 15.0 Å². The van der Waals surface area contributed by atoms with Crippen molar-refractivity contribution >= 4 is 17.5 Å². The van der Waals surface area contributed by atoms with Gasteiger partial charge in [0.15, 0.2) is 5.75 Å². The van der Waals surface area contributed by atoms with E-state index in [1.54, 1.807) is 24.4 Å². The van der Waals surface area contributed by atoms with Gasteiger partial charge >= 0.3 is 0 Å². The van der Waals surface area contributed by atoms with Crippen LogP contribution in [0.25, 0.3) is 0 Å². The summed E-state index contributed by atoms with van der Waals surface area (Å²) in [5.74, 6) is 0.155. The number of amides is 2. The summed E-state index contributed by atoms with van der Waals surface area (Å²) in [5.41, 5.74) is 2.83. The molecule has 0 fully saturated rings. The molecule has 1 atom stereocenters. The van der Waals surface area contributed by atoms with Crippen LogP contribution in [-0.4, -0.2) is 23.3 Å². The lowest BCUT2D eigenvalue weighted by Gasteiger charge is -2.23. The van der Waals surface area contributed by atoms with Crippen molar-refractivity contribution in [2.24, 2.45) is 0 Å². The van der Waals surface area contributed by atoms with Gasteiger partial charge in [-0.15, -0.1) is 0 Å². The van der Waals surface area contributed by atoms with Crippen LogP contribution in [0, 0.1) is 6.92 Å². The molecule has 4 rings (SSSR count). The smallest absolute Gasteiger partial charge is 0.264 e. The van der Waals surface area contributed by atoms with Crippen LogP contribution >= 0.6 is 0 Å². The number of hydrogen-bond acceptors (Lipinski definition) is 4. The van der Waals surface area contributed by atoms with E-state index < -0.39 is 0 Å². The minimum Gasteiger partial charge on any atom is -0.436 e. The predicted octanol–water partition coefficient (Wildman–Crippen LogP) is 4.02. The Hall–Kier alpha value is -3.67. The Morgan fingerprint density at radius 1 is 1.14 bits per heavy atom. The quantitative estimate of drug-likeness (QED) is 0.734. The number of pyridine rings is 1. The van der Waals surface area contributed by atoms with Crippen molar-refractivity contribution < 1.29 is 14.3 Å². The molecule has 1 aliphatic rings. The molecule has 0 saturated carbocycles. The zero-order valence-electron chi connectivity index (χ0n) is 16.3. The van der Waals surface area contributed by atoms with Crippen LogP contribution in [-0.2, 0) is 4.79 Å². The molecule has 6 heteroatoms. The van der Waals surface area contributed by atoms with Crippen molar-refractivity contribution in [1.29, 1.82) is 0 Å². The Balaban J connectivity index is 1.64. The van der Waals surface area contributed by atoms with Crippen LogP contribution in [0.1, 0.15) is 34.5 Å². The Morgan fingerprint density at radius 2 is 1.93 bits per heavy atom. The number of fused-ring (bicyclic) bond motifs is 2. The van der Waals surface area contributed by atoms with Gasteiger partial charge in [0.2, 0.25) is 11.8 Å².